The molecule has 0 saturated heterocycles. The third-order valence-corrected chi connectivity index (χ3v) is 5.07. The van der Waals surface area contributed by atoms with Crippen molar-refractivity contribution in [3.8, 4) is 0 Å². The molecule has 3 aromatic rings. The molecule has 2 aromatic heterocycles. The molecule has 1 aromatic carbocycles. The Balaban J connectivity index is 1.75. The van der Waals surface area contributed by atoms with E-state index in [1.807, 2.05) is 6.92 Å². The lowest BCUT2D eigenvalue weighted by Crippen LogP contribution is -2.24. The summed E-state index contributed by atoms with van der Waals surface area (Å²) in [6.07, 6.45) is 3.38. The summed E-state index contributed by atoms with van der Waals surface area (Å²) in [5, 5.41) is 12.5. The Kier molecular flexibility index (Phi) is 5.70. The van der Waals surface area contributed by atoms with E-state index in [0.29, 0.717) is 22.4 Å². The number of benzene rings is 1. The molecule has 0 fully saturated rings. The fourth-order valence-electron chi connectivity index (χ4n) is 2.44. The van der Waals surface area contributed by atoms with E-state index in [1.165, 1.54) is 0 Å². The summed E-state index contributed by atoms with van der Waals surface area (Å²) in [5.41, 5.74) is 1.67. The van der Waals surface area contributed by atoms with Crippen LogP contribution in [0.15, 0.2) is 41.1 Å². The summed E-state index contributed by atoms with van der Waals surface area (Å²) in [6, 6.07) is 6.70. The fraction of sp³-hybridized carbons (Fsp3) is 0.235. The van der Waals surface area contributed by atoms with Crippen LogP contribution in [0.4, 0.5) is 5.82 Å². The van der Waals surface area contributed by atoms with Gasteiger partial charge in [-0.15, -0.1) is 0 Å². The van der Waals surface area contributed by atoms with Crippen LogP contribution in [0.5, 0.6) is 0 Å². The summed E-state index contributed by atoms with van der Waals surface area (Å²) in [4.78, 5) is 12.4. The summed E-state index contributed by atoms with van der Waals surface area (Å²) in [5.74, 6) is 0.259. The Labute approximate surface area is 169 Å². The molecule has 3 rings (SSSR count). The average molecular weight is 457 g/mol. The van der Waals surface area contributed by atoms with Crippen LogP contribution >= 0.6 is 39.1 Å². The van der Waals surface area contributed by atoms with E-state index in [2.05, 4.69) is 31.4 Å². The predicted molar refractivity (Wildman–Crippen MR) is 106 cm³/mol. The SMILES string of the molecule is Cc1cc(NC(=O)C(C)n2cc(Br)cn2)nn1Cc1c(Cl)cccc1Cl. The number of rotatable bonds is 5. The predicted octanol–water partition coefficient (Wildman–Crippen LogP) is 4.71. The Hall–Kier alpha value is -1.83. The van der Waals surface area contributed by atoms with Crippen LogP contribution in [0.25, 0.3) is 0 Å². The molecule has 0 aliphatic rings. The molecule has 0 aliphatic carbocycles. The van der Waals surface area contributed by atoms with Crippen LogP contribution in [0.1, 0.15) is 24.2 Å². The number of amides is 1. The van der Waals surface area contributed by atoms with Gasteiger partial charge < -0.3 is 5.32 Å². The number of hydrogen-bond acceptors (Lipinski definition) is 3. The quantitative estimate of drug-likeness (QED) is 0.604. The Morgan fingerprint density at radius 2 is 2.04 bits per heavy atom. The van der Waals surface area contributed by atoms with Crippen molar-refractivity contribution in [1.29, 1.82) is 0 Å². The molecular weight excluding hydrogens is 441 g/mol. The smallest absolute Gasteiger partial charge is 0.250 e. The van der Waals surface area contributed by atoms with E-state index < -0.39 is 6.04 Å². The molecule has 26 heavy (non-hydrogen) atoms. The molecule has 136 valence electrons. The average Bonchev–Trinajstić information content (AvgIpc) is 3.16. The highest BCUT2D eigenvalue weighted by Crippen LogP contribution is 2.26. The zero-order chi connectivity index (χ0) is 18.8. The minimum absolute atomic E-state index is 0.207. The first-order valence-corrected chi connectivity index (χ1v) is 9.38. The van der Waals surface area contributed by atoms with E-state index in [9.17, 15) is 4.79 Å². The number of hydrogen-bond donors (Lipinski definition) is 1. The second kappa shape index (κ2) is 7.82. The summed E-state index contributed by atoms with van der Waals surface area (Å²) in [7, 11) is 0. The third-order valence-electron chi connectivity index (χ3n) is 3.95. The third kappa shape index (κ3) is 4.11. The van der Waals surface area contributed by atoms with Gasteiger partial charge in [-0.1, -0.05) is 29.3 Å². The molecule has 1 N–H and O–H groups in total. The zero-order valence-corrected chi connectivity index (χ0v) is 17.2. The maximum absolute atomic E-state index is 12.4. The maximum atomic E-state index is 12.4. The summed E-state index contributed by atoms with van der Waals surface area (Å²) < 4.78 is 4.14. The van der Waals surface area contributed by atoms with Crippen LogP contribution in [0, 0.1) is 6.92 Å². The van der Waals surface area contributed by atoms with Crippen LogP contribution < -0.4 is 5.32 Å². The van der Waals surface area contributed by atoms with Crippen molar-refractivity contribution in [1.82, 2.24) is 19.6 Å². The zero-order valence-electron chi connectivity index (χ0n) is 14.1. The summed E-state index contributed by atoms with van der Waals surface area (Å²) in [6.45, 7) is 4.09. The number of anilines is 1. The highest BCUT2D eigenvalue weighted by Gasteiger charge is 2.18. The number of carbonyl (C=O) groups is 1. The fourth-order valence-corrected chi connectivity index (χ4v) is 3.26. The number of carbonyl (C=O) groups excluding carboxylic acids is 1. The molecule has 1 unspecified atom stereocenters. The van der Waals surface area contributed by atoms with Gasteiger partial charge >= 0.3 is 0 Å². The van der Waals surface area contributed by atoms with Crippen molar-refractivity contribution in [2.45, 2.75) is 26.4 Å². The maximum Gasteiger partial charge on any atom is 0.250 e. The van der Waals surface area contributed by atoms with Crippen LogP contribution in [0.2, 0.25) is 10.0 Å². The molecule has 6 nitrogen and oxygen atoms in total. The molecule has 1 amide bonds. The van der Waals surface area contributed by atoms with Gasteiger partial charge in [0.1, 0.15) is 6.04 Å². The number of halogens is 3. The number of nitrogens with zero attached hydrogens (tertiary/aromatic N) is 4. The van der Waals surface area contributed by atoms with Gasteiger partial charge in [-0.2, -0.15) is 10.2 Å². The van der Waals surface area contributed by atoms with Gasteiger partial charge in [0.25, 0.3) is 0 Å². The normalized spacial score (nSPS) is 12.2. The van der Waals surface area contributed by atoms with E-state index in [1.54, 1.807) is 52.9 Å². The largest absolute Gasteiger partial charge is 0.307 e. The second-order valence-corrected chi connectivity index (χ2v) is 7.56. The van der Waals surface area contributed by atoms with Gasteiger partial charge in [0.2, 0.25) is 5.91 Å². The molecule has 0 spiro atoms. The number of aromatic nitrogens is 4. The van der Waals surface area contributed by atoms with Crippen molar-refractivity contribution in [2.24, 2.45) is 0 Å². The van der Waals surface area contributed by atoms with Crippen molar-refractivity contribution in [3.63, 3.8) is 0 Å². The Bertz CT molecular complexity index is 932. The van der Waals surface area contributed by atoms with E-state index in [-0.39, 0.29) is 5.91 Å². The minimum atomic E-state index is -0.468. The number of nitrogens with one attached hydrogen (secondary N) is 1. The highest BCUT2D eigenvalue weighted by molar-refractivity contribution is 9.10. The molecule has 2 heterocycles. The van der Waals surface area contributed by atoms with Crippen LogP contribution in [0.3, 0.4) is 0 Å². The molecule has 0 aliphatic heterocycles. The lowest BCUT2D eigenvalue weighted by Gasteiger charge is -2.11. The highest BCUT2D eigenvalue weighted by atomic mass is 79.9. The van der Waals surface area contributed by atoms with Crippen LogP contribution in [-0.4, -0.2) is 25.5 Å². The van der Waals surface area contributed by atoms with E-state index >= 15 is 0 Å². The van der Waals surface area contributed by atoms with Gasteiger partial charge in [-0.05, 0) is 41.9 Å². The van der Waals surface area contributed by atoms with Gasteiger partial charge in [0.15, 0.2) is 5.82 Å². The van der Waals surface area contributed by atoms with E-state index in [0.717, 1.165) is 15.7 Å². The molecule has 1 atom stereocenters. The lowest BCUT2D eigenvalue weighted by atomic mass is 10.2. The van der Waals surface area contributed by atoms with Gasteiger partial charge in [0.05, 0.1) is 17.2 Å². The van der Waals surface area contributed by atoms with Gasteiger partial charge in [-0.3, -0.25) is 14.2 Å². The van der Waals surface area contributed by atoms with Crippen LogP contribution in [-0.2, 0) is 11.3 Å². The van der Waals surface area contributed by atoms with Crippen molar-refractivity contribution >= 4 is 50.9 Å². The molecular formula is C17H16BrCl2N5O. The lowest BCUT2D eigenvalue weighted by molar-refractivity contribution is -0.119. The Morgan fingerprint density at radius 1 is 1.35 bits per heavy atom. The Morgan fingerprint density at radius 3 is 2.65 bits per heavy atom. The molecule has 0 saturated carbocycles. The first kappa shape index (κ1) is 18.9. The van der Waals surface area contributed by atoms with Gasteiger partial charge in [0, 0.05) is 33.6 Å². The minimum Gasteiger partial charge on any atom is -0.307 e. The molecule has 0 radical (unpaired) electrons. The van der Waals surface area contributed by atoms with E-state index in [4.69, 9.17) is 23.2 Å². The van der Waals surface area contributed by atoms with Crippen molar-refractivity contribution < 1.29 is 4.79 Å². The summed E-state index contributed by atoms with van der Waals surface area (Å²) >= 11 is 15.8. The number of aryl methyl sites for hydroxylation is 1. The first-order chi connectivity index (χ1) is 12.3. The molecule has 0 bridgehead atoms. The standard InChI is InChI=1S/C17H16BrCl2N5O/c1-10-6-16(22-17(26)11(2)25-8-12(18)7-21-25)23-24(10)9-13-14(19)4-3-5-15(13)20/h3-8,11H,9H2,1-2H3,(H,22,23,26). The topological polar surface area (TPSA) is 64.7 Å². The van der Waals surface area contributed by atoms with Crippen molar-refractivity contribution in [2.75, 3.05) is 5.32 Å². The van der Waals surface area contributed by atoms with Gasteiger partial charge in [-0.25, -0.2) is 0 Å². The monoisotopic (exact) mass is 455 g/mol. The van der Waals surface area contributed by atoms with Crippen molar-refractivity contribution in [3.05, 3.63) is 62.4 Å². The first-order valence-electron chi connectivity index (χ1n) is 7.83. The molecule has 9 heteroatoms. The second-order valence-electron chi connectivity index (χ2n) is 5.83.